The van der Waals surface area contributed by atoms with Crippen LogP contribution in [0.4, 0.5) is 5.69 Å². The van der Waals surface area contributed by atoms with Crippen molar-refractivity contribution in [3.8, 4) is 5.69 Å². The molecule has 8 nitrogen and oxygen atoms in total. The summed E-state index contributed by atoms with van der Waals surface area (Å²) in [7, 11) is 1.39. The Bertz CT molecular complexity index is 1410. The molecule has 4 aromatic rings. The molecule has 0 atom stereocenters. The Hall–Kier alpha value is -3.20. The van der Waals surface area contributed by atoms with Gasteiger partial charge in [0.05, 0.1) is 66.8 Å². The van der Waals surface area contributed by atoms with Crippen LogP contribution in [0.5, 0.6) is 0 Å². The number of hydrogen-bond donors (Lipinski definition) is 0. The van der Waals surface area contributed by atoms with E-state index in [1.165, 1.54) is 7.11 Å². The van der Waals surface area contributed by atoms with Gasteiger partial charge in [-0.05, 0) is 24.3 Å². The molecule has 2 aliphatic rings. The van der Waals surface area contributed by atoms with E-state index in [1.54, 1.807) is 6.20 Å². The average molecular weight is 479 g/mol. The van der Waals surface area contributed by atoms with E-state index in [0.29, 0.717) is 42.5 Å². The largest absolute Gasteiger partial charge is 0.465 e. The quantitative estimate of drug-likeness (QED) is 0.411. The maximum atomic E-state index is 12.9. The predicted molar refractivity (Wildman–Crippen MR) is 129 cm³/mol. The molecule has 0 aliphatic carbocycles. The highest BCUT2D eigenvalue weighted by Gasteiger charge is 2.30. The molecule has 9 heteroatoms. The minimum Gasteiger partial charge on any atom is -0.465 e. The zero-order valence-electron chi connectivity index (χ0n) is 18.7. The Morgan fingerprint density at radius 2 is 1.94 bits per heavy atom. The molecule has 174 valence electrons. The maximum absolute atomic E-state index is 12.9. The third-order valence-corrected chi connectivity index (χ3v) is 6.80. The fourth-order valence-corrected chi connectivity index (χ4v) is 4.91. The van der Waals surface area contributed by atoms with E-state index in [4.69, 9.17) is 30.8 Å². The molecule has 2 aliphatic heterocycles. The number of hydrogen-bond acceptors (Lipinski definition) is 7. The van der Waals surface area contributed by atoms with Crippen molar-refractivity contribution in [2.75, 3.05) is 51.5 Å². The number of benzene rings is 2. The number of carbonyl (C=O) groups excluding carboxylic acids is 1. The highest BCUT2D eigenvalue weighted by Crippen LogP contribution is 2.37. The first kappa shape index (κ1) is 21.3. The summed E-state index contributed by atoms with van der Waals surface area (Å²) >= 11 is 6.47. The number of pyridine rings is 1. The van der Waals surface area contributed by atoms with E-state index >= 15 is 0 Å². The second-order valence-corrected chi connectivity index (χ2v) is 8.87. The molecule has 2 aromatic heterocycles. The lowest BCUT2D eigenvalue weighted by Gasteiger charge is -2.29. The number of para-hydroxylation sites is 1. The first-order chi connectivity index (χ1) is 16.7. The maximum Gasteiger partial charge on any atom is 0.340 e. The number of methoxy groups -OCH3 is 1. The van der Waals surface area contributed by atoms with Gasteiger partial charge in [0, 0.05) is 30.4 Å². The molecule has 2 fully saturated rings. The van der Waals surface area contributed by atoms with Crippen molar-refractivity contribution in [3.63, 3.8) is 0 Å². The van der Waals surface area contributed by atoms with Crippen molar-refractivity contribution >= 4 is 45.2 Å². The summed E-state index contributed by atoms with van der Waals surface area (Å²) in [6.45, 7) is 3.94. The first-order valence-electron chi connectivity index (χ1n) is 11.2. The van der Waals surface area contributed by atoms with Crippen molar-refractivity contribution in [3.05, 3.63) is 59.0 Å². The zero-order chi connectivity index (χ0) is 23.2. The van der Waals surface area contributed by atoms with Crippen LogP contribution in [-0.4, -0.2) is 67.1 Å². The summed E-state index contributed by atoms with van der Waals surface area (Å²) in [4.78, 5) is 24.6. The molecule has 0 bridgehead atoms. The molecule has 0 N–H and O–H groups in total. The van der Waals surface area contributed by atoms with Gasteiger partial charge in [0.25, 0.3) is 0 Å². The lowest BCUT2D eigenvalue weighted by molar-refractivity contribution is 0.00449. The van der Waals surface area contributed by atoms with Crippen molar-refractivity contribution < 1.29 is 19.0 Å². The van der Waals surface area contributed by atoms with Gasteiger partial charge in [-0.2, -0.15) is 0 Å². The SMILES string of the molecule is COC(=O)c1cc(N2CCOCC2)cc2c1nc(C1COC1)n2-c1ccnc2c(Cl)cccc12. The van der Waals surface area contributed by atoms with Crippen LogP contribution >= 0.6 is 11.6 Å². The number of morpholine rings is 1. The lowest BCUT2D eigenvalue weighted by atomic mass is 10.1. The van der Waals surface area contributed by atoms with Gasteiger partial charge in [-0.25, -0.2) is 9.78 Å². The minimum absolute atomic E-state index is 0.118. The molecular weight excluding hydrogens is 456 g/mol. The first-order valence-corrected chi connectivity index (χ1v) is 11.6. The molecule has 34 heavy (non-hydrogen) atoms. The third-order valence-electron chi connectivity index (χ3n) is 6.50. The molecule has 0 spiro atoms. The number of imidazole rings is 1. The van der Waals surface area contributed by atoms with Crippen LogP contribution in [0.1, 0.15) is 22.1 Å². The topological polar surface area (TPSA) is 78.7 Å². The van der Waals surface area contributed by atoms with Crippen molar-refractivity contribution in [1.82, 2.24) is 14.5 Å². The van der Waals surface area contributed by atoms with Gasteiger partial charge in [0.2, 0.25) is 0 Å². The second-order valence-electron chi connectivity index (χ2n) is 8.46. The van der Waals surface area contributed by atoms with Gasteiger partial charge >= 0.3 is 5.97 Å². The van der Waals surface area contributed by atoms with Crippen molar-refractivity contribution in [2.45, 2.75) is 5.92 Å². The van der Waals surface area contributed by atoms with Crippen LogP contribution in [-0.2, 0) is 14.2 Å². The van der Waals surface area contributed by atoms with Gasteiger partial charge in [0.1, 0.15) is 11.3 Å². The Kier molecular flexibility index (Phi) is 5.36. The summed E-state index contributed by atoms with van der Waals surface area (Å²) in [5.41, 5.74) is 4.45. The second kappa shape index (κ2) is 8.54. The van der Waals surface area contributed by atoms with Gasteiger partial charge in [-0.3, -0.25) is 9.55 Å². The van der Waals surface area contributed by atoms with Crippen LogP contribution in [0.15, 0.2) is 42.6 Å². The lowest BCUT2D eigenvalue weighted by Crippen LogP contribution is -2.36. The van der Waals surface area contributed by atoms with Crippen molar-refractivity contribution in [2.24, 2.45) is 0 Å². The summed E-state index contributed by atoms with van der Waals surface area (Å²) in [6, 6.07) is 11.7. The van der Waals surface area contributed by atoms with Crippen LogP contribution in [0, 0.1) is 0 Å². The predicted octanol–water partition coefficient (Wildman–Crippen LogP) is 3.96. The molecular formula is C25H23ClN4O4. The van der Waals surface area contributed by atoms with E-state index < -0.39 is 5.97 Å². The van der Waals surface area contributed by atoms with E-state index in [-0.39, 0.29) is 5.92 Å². The molecule has 0 radical (unpaired) electrons. The standard InChI is InChI=1S/C25H23ClN4O4/c1-32-25(31)18-11-16(29-7-9-33-10-8-29)12-21-23(18)28-24(15-13-34-14-15)30(21)20-5-6-27-22-17(20)3-2-4-19(22)26/h2-6,11-12,15H,7-10,13-14H2,1H3. The van der Waals surface area contributed by atoms with E-state index in [2.05, 4.69) is 20.5 Å². The Balaban J connectivity index is 1.67. The molecule has 6 rings (SSSR count). The van der Waals surface area contributed by atoms with Crippen LogP contribution in [0.2, 0.25) is 5.02 Å². The Labute approximate surface area is 201 Å². The highest BCUT2D eigenvalue weighted by atomic mass is 35.5. The van der Waals surface area contributed by atoms with Gasteiger partial charge in [-0.15, -0.1) is 0 Å². The molecule has 2 aromatic carbocycles. The fraction of sp³-hybridized carbons (Fsp3) is 0.320. The molecule has 2 saturated heterocycles. The minimum atomic E-state index is -0.413. The molecule has 0 amide bonds. The van der Waals surface area contributed by atoms with Gasteiger partial charge < -0.3 is 19.1 Å². The van der Waals surface area contributed by atoms with Crippen LogP contribution in [0.25, 0.3) is 27.6 Å². The Morgan fingerprint density at radius 1 is 1.12 bits per heavy atom. The fourth-order valence-electron chi connectivity index (χ4n) is 4.68. The molecule has 4 heterocycles. The number of nitrogens with zero attached hydrogens (tertiary/aromatic N) is 4. The van der Waals surface area contributed by atoms with E-state index in [9.17, 15) is 4.79 Å². The zero-order valence-corrected chi connectivity index (χ0v) is 19.4. The summed E-state index contributed by atoms with van der Waals surface area (Å²) in [6.07, 6.45) is 1.75. The monoisotopic (exact) mass is 478 g/mol. The van der Waals surface area contributed by atoms with E-state index in [0.717, 1.165) is 46.7 Å². The Morgan fingerprint density at radius 3 is 2.68 bits per heavy atom. The number of fused-ring (bicyclic) bond motifs is 2. The summed E-state index contributed by atoms with van der Waals surface area (Å²) in [5.74, 6) is 0.550. The number of esters is 1. The molecule has 0 unspecified atom stereocenters. The third kappa shape index (κ3) is 3.41. The van der Waals surface area contributed by atoms with Crippen LogP contribution < -0.4 is 4.90 Å². The molecule has 0 saturated carbocycles. The summed E-state index contributed by atoms with van der Waals surface area (Å²) in [5, 5.41) is 1.49. The summed E-state index contributed by atoms with van der Waals surface area (Å²) < 4.78 is 18.3. The van der Waals surface area contributed by atoms with E-state index in [1.807, 2.05) is 30.3 Å². The van der Waals surface area contributed by atoms with Crippen molar-refractivity contribution in [1.29, 1.82) is 0 Å². The normalized spacial score (nSPS) is 16.7. The highest BCUT2D eigenvalue weighted by molar-refractivity contribution is 6.35. The van der Waals surface area contributed by atoms with Crippen LogP contribution in [0.3, 0.4) is 0 Å². The number of ether oxygens (including phenoxy) is 3. The number of halogens is 1. The smallest absolute Gasteiger partial charge is 0.340 e. The average Bonchev–Trinajstić information content (AvgIpc) is 3.20. The number of aromatic nitrogens is 3. The number of anilines is 1. The number of rotatable bonds is 4. The van der Waals surface area contributed by atoms with Gasteiger partial charge in [-0.1, -0.05) is 23.7 Å². The van der Waals surface area contributed by atoms with Gasteiger partial charge in [0.15, 0.2) is 0 Å². The number of carbonyl (C=O) groups is 1.